The molecule has 8 aromatic carbocycles. The van der Waals surface area contributed by atoms with Crippen molar-refractivity contribution in [3.8, 4) is 33.4 Å². The third-order valence-corrected chi connectivity index (χ3v) is 9.26. The number of hydrogen-bond donors (Lipinski definition) is 0. The molecule has 0 radical (unpaired) electrons. The largest absolute Gasteiger partial charge is 0.455 e. The van der Waals surface area contributed by atoms with E-state index in [1.165, 1.54) is 21.9 Å². The summed E-state index contributed by atoms with van der Waals surface area (Å²) in [4.78, 5) is 2.31. The maximum atomic E-state index is 6.72. The van der Waals surface area contributed by atoms with E-state index in [0.717, 1.165) is 61.3 Å². The lowest BCUT2D eigenvalue weighted by Gasteiger charge is -2.26. The maximum Gasteiger partial charge on any atom is 0.143 e. The summed E-state index contributed by atoms with van der Waals surface area (Å²) in [5.41, 5.74) is 12.1. The minimum atomic E-state index is 0.892. The summed E-state index contributed by atoms with van der Waals surface area (Å²) in [7, 11) is 0. The number of benzene rings is 8. The third kappa shape index (κ3) is 4.83. The van der Waals surface area contributed by atoms with E-state index >= 15 is 0 Å². The highest BCUT2D eigenvalue weighted by atomic mass is 16.3. The van der Waals surface area contributed by atoms with Gasteiger partial charge in [-0.1, -0.05) is 140 Å². The molecule has 2 nitrogen and oxygen atoms in total. The average Bonchev–Trinajstić information content (AvgIpc) is 3.54. The summed E-state index contributed by atoms with van der Waals surface area (Å²) in [6.45, 7) is 0. The molecule has 2 heteroatoms. The van der Waals surface area contributed by atoms with Gasteiger partial charge in [-0.15, -0.1) is 0 Å². The van der Waals surface area contributed by atoms with Gasteiger partial charge in [0, 0.05) is 33.4 Å². The van der Waals surface area contributed by atoms with Crippen LogP contribution >= 0.6 is 0 Å². The molecule has 0 saturated carbocycles. The van der Waals surface area contributed by atoms with Crippen molar-refractivity contribution in [3.05, 3.63) is 188 Å². The van der Waals surface area contributed by atoms with Gasteiger partial charge >= 0.3 is 0 Å². The fourth-order valence-electron chi connectivity index (χ4n) is 7.00. The highest BCUT2D eigenvalue weighted by molar-refractivity contribution is 6.21. The zero-order valence-corrected chi connectivity index (χ0v) is 26.3. The van der Waals surface area contributed by atoms with Gasteiger partial charge in [0.2, 0.25) is 0 Å². The van der Waals surface area contributed by atoms with Crippen LogP contribution in [0, 0.1) is 0 Å². The Morgan fingerprint density at radius 3 is 1.60 bits per heavy atom. The lowest BCUT2D eigenvalue weighted by atomic mass is 9.93. The van der Waals surface area contributed by atoms with E-state index in [1.807, 2.05) is 0 Å². The van der Waals surface area contributed by atoms with E-state index in [2.05, 4.69) is 193 Å². The Hall–Kier alpha value is -6.38. The van der Waals surface area contributed by atoms with E-state index in [4.69, 9.17) is 4.42 Å². The molecule has 0 spiro atoms. The van der Waals surface area contributed by atoms with Gasteiger partial charge in [-0.3, -0.25) is 0 Å². The first-order valence-corrected chi connectivity index (χ1v) is 16.4. The maximum absolute atomic E-state index is 6.72. The van der Waals surface area contributed by atoms with Crippen LogP contribution in [0.3, 0.4) is 0 Å². The summed E-state index contributed by atoms with van der Waals surface area (Å²) in [5, 5.41) is 4.67. The topological polar surface area (TPSA) is 16.4 Å². The van der Waals surface area contributed by atoms with Crippen molar-refractivity contribution in [2.24, 2.45) is 0 Å². The lowest BCUT2D eigenvalue weighted by molar-refractivity contribution is 0.670. The predicted molar refractivity (Wildman–Crippen MR) is 202 cm³/mol. The van der Waals surface area contributed by atoms with Crippen LogP contribution in [-0.4, -0.2) is 0 Å². The number of furan rings is 1. The molecule has 9 aromatic rings. The van der Waals surface area contributed by atoms with Gasteiger partial charge in [-0.05, 0) is 87.1 Å². The first-order valence-electron chi connectivity index (χ1n) is 16.4. The Morgan fingerprint density at radius 1 is 0.375 bits per heavy atom. The normalized spacial score (nSPS) is 11.3. The molecule has 0 N–H and O–H groups in total. The van der Waals surface area contributed by atoms with E-state index in [1.54, 1.807) is 0 Å². The van der Waals surface area contributed by atoms with Crippen LogP contribution in [0.1, 0.15) is 0 Å². The average molecular weight is 614 g/mol. The summed E-state index contributed by atoms with van der Waals surface area (Å²) >= 11 is 0. The zero-order valence-electron chi connectivity index (χ0n) is 26.3. The molecule has 0 atom stereocenters. The molecular formula is C46H31NO. The van der Waals surface area contributed by atoms with Crippen molar-refractivity contribution in [2.75, 3.05) is 4.90 Å². The molecule has 9 rings (SSSR count). The number of anilines is 3. The van der Waals surface area contributed by atoms with Crippen LogP contribution in [0.15, 0.2) is 192 Å². The van der Waals surface area contributed by atoms with Gasteiger partial charge in [-0.2, -0.15) is 0 Å². The van der Waals surface area contributed by atoms with Crippen LogP contribution in [0.4, 0.5) is 17.1 Å². The molecule has 0 saturated heterocycles. The molecule has 0 aliphatic rings. The Bertz CT molecular complexity index is 2520. The molecule has 48 heavy (non-hydrogen) atoms. The minimum absolute atomic E-state index is 0.892. The molecule has 1 heterocycles. The van der Waals surface area contributed by atoms with E-state index in [9.17, 15) is 0 Å². The second-order valence-electron chi connectivity index (χ2n) is 12.1. The van der Waals surface area contributed by atoms with Crippen molar-refractivity contribution in [1.29, 1.82) is 0 Å². The number of nitrogens with zero attached hydrogens (tertiary/aromatic N) is 1. The molecule has 0 bridgehead atoms. The van der Waals surface area contributed by atoms with Gasteiger partial charge in [0.25, 0.3) is 0 Å². The lowest BCUT2D eigenvalue weighted by Crippen LogP contribution is -2.09. The molecule has 1 aromatic heterocycles. The number of hydrogen-bond acceptors (Lipinski definition) is 2. The SMILES string of the molecule is c1ccc(-c2ccc(N(c3ccccc3)c3ccc(-c4cccc5oc6c(-c7ccccc7)c7ccccc7cc6c45)cc3)cc2)cc1. The third-order valence-electron chi connectivity index (χ3n) is 9.26. The number of para-hydroxylation sites is 1. The second kappa shape index (κ2) is 11.8. The van der Waals surface area contributed by atoms with E-state index in [0.29, 0.717) is 0 Å². The predicted octanol–water partition coefficient (Wildman–Crippen LogP) is 13.2. The minimum Gasteiger partial charge on any atom is -0.455 e. The smallest absolute Gasteiger partial charge is 0.143 e. The van der Waals surface area contributed by atoms with Crippen LogP contribution in [0.25, 0.3) is 66.1 Å². The zero-order chi connectivity index (χ0) is 31.9. The molecule has 0 unspecified atom stereocenters. The molecule has 0 amide bonds. The summed E-state index contributed by atoms with van der Waals surface area (Å²) < 4.78 is 6.72. The summed E-state index contributed by atoms with van der Waals surface area (Å²) in [6.07, 6.45) is 0. The van der Waals surface area contributed by atoms with Crippen LogP contribution in [0.5, 0.6) is 0 Å². The van der Waals surface area contributed by atoms with Crippen LogP contribution in [-0.2, 0) is 0 Å². The van der Waals surface area contributed by atoms with Crippen molar-refractivity contribution < 1.29 is 4.42 Å². The molecule has 226 valence electrons. The second-order valence-corrected chi connectivity index (χ2v) is 12.1. The van der Waals surface area contributed by atoms with E-state index in [-0.39, 0.29) is 0 Å². The van der Waals surface area contributed by atoms with E-state index < -0.39 is 0 Å². The molecule has 0 aliphatic carbocycles. The van der Waals surface area contributed by atoms with Gasteiger partial charge in [0.1, 0.15) is 11.2 Å². The van der Waals surface area contributed by atoms with Gasteiger partial charge in [0.15, 0.2) is 0 Å². The van der Waals surface area contributed by atoms with Crippen LogP contribution < -0.4 is 4.90 Å². The Kier molecular flexibility index (Phi) is 6.84. The van der Waals surface area contributed by atoms with Crippen molar-refractivity contribution >= 4 is 49.8 Å². The Labute approximate surface area is 279 Å². The summed E-state index contributed by atoms with van der Waals surface area (Å²) in [5.74, 6) is 0. The monoisotopic (exact) mass is 613 g/mol. The summed E-state index contributed by atoms with van der Waals surface area (Å²) in [6, 6.07) is 66.7. The molecule has 0 aliphatic heterocycles. The van der Waals surface area contributed by atoms with Gasteiger partial charge < -0.3 is 9.32 Å². The first kappa shape index (κ1) is 27.9. The fourth-order valence-corrected chi connectivity index (χ4v) is 7.00. The van der Waals surface area contributed by atoms with Crippen LogP contribution in [0.2, 0.25) is 0 Å². The molecule has 0 fully saturated rings. The highest BCUT2D eigenvalue weighted by Crippen LogP contribution is 2.44. The standard InChI is InChI=1S/C46H31NO/c1-4-13-32(14-5-1)33-23-27-38(28-24-33)47(37-18-8-3-9-19-37)39-29-25-34(26-30-39)40-21-12-22-43-45(40)42-31-36-17-10-11-20-41(36)44(46(42)48-43)35-15-6-2-7-16-35/h1-31H. The van der Waals surface area contributed by atoms with Gasteiger partial charge in [-0.25, -0.2) is 0 Å². The van der Waals surface area contributed by atoms with Crippen molar-refractivity contribution in [1.82, 2.24) is 0 Å². The van der Waals surface area contributed by atoms with Crippen molar-refractivity contribution in [3.63, 3.8) is 0 Å². The molecular weight excluding hydrogens is 583 g/mol. The Morgan fingerprint density at radius 2 is 0.917 bits per heavy atom. The quantitative estimate of drug-likeness (QED) is 0.185. The van der Waals surface area contributed by atoms with Crippen molar-refractivity contribution in [2.45, 2.75) is 0 Å². The fraction of sp³-hybridized carbons (Fsp3) is 0. The van der Waals surface area contributed by atoms with Gasteiger partial charge in [0.05, 0.1) is 0 Å². The Balaban J connectivity index is 1.17. The number of rotatable bonds is 6. The highest BCUT2D eigenvalue weighted by Gasteiger charge is 2.19. The number of fused-ring (bicyclic) bond motifs is 4. The first-order chi connectivity index (χ1) is 23.8.